The molecule has 2 aliphatic heterocycles. The summed E-state index contributed by atoms with van der Waals surface area (Å²) < 4.78 is 4.72. The van der Waals surface area contributed by atoms with Gasteiger partial charge in [-0.15, -0.1) is 0 Å². The molecular formula is C22H23N3O4. The van der Waals surface area contributed by atoms with Crippen LogP contribution in [0.15, 0.2) is 42.5 Å². The van der Waals surface area contributed by atoms with Crippen molar-refractivity contribution in [2.75, 3.05) is 30.9 Å². The number of hydrogen-bond acceptors (Lipinski definition) is 5. The zero-order valence-corrected chi connectivity index (χ0v) is 16.5. The second kappa shape index (κ2) is 7.58. The summed E-state index contributed by atoms with van der Waals surface area (Å²) in [6.07, 6.45) is 3.08. The molecule has 150 valence electrons. The number of esters is 1. The fourth-order valence-electron chi connectivity index (χ4n) is 4.06. The van der Waals surface area contributed by atoms with E-state index in [1.54, 1.807) is 42.5 Å². The van der Waals surface area contributed by atoms with E-state index in [1.807, 2.05) is 11.9 Å². The van der Waals surface area contributed by atoms with Crippen LogP contribution in [-0.4, -0.2) is 49.6 Å². The maximum atomic E-state index is 12.9. The Morgan fingerprint density at radius 3 is 2.72 bits per heavy atom. The number of fused-ring (bicyclic) bond motifs is 2. The van der Waals surface area contributed by atoms with E-state index < -0.39 is 5.97 Å². The van der Waals surface area contributed by atoms with Gasteiger partial charge in [-0.1, -0.05) is 6.07 Å². The van der Waals surface area contributed by atoms with E-state index in [0.29, 0.717) is 22.4 Å². The average molecular weight is 393 g/mol. The summed E-state index contributed by atoms with van der Waals surface area (Å²) >= 11 is 0. The minimum atomic E-state index is -0.466. The predicted molar refractivity (Wildman–Crippen MR) is 109 cm³/mol. The van der Waals surface area contributed by atoms with E-state index in [-0.39, 0.29) is 18.0 Å². The van der Waals surface area contributed by atoms with Crippen molar-refractivity contribution < 1.29 is 19.1 Å². The number of amides is 2. The maximum absolute atomic E-state index is 12.9. The molecule has 2 aliphatic rings. The Hall–Kier alpha value is -3.35. The highest BCUT2D eigenvalue weighted by molar-refractivity contribution is 6.08. The van der Waals surface area contributed by atoms with Gasteiger partial charge in [-0.3, -0.25) is 9.59 Å². The number of hydrogen-bond donors (Lipinski definition) is 1. The number of piperidine rings is 1. The minimum Gasteiger partial charge on any atom is -0.465 e. The third-order valence-corrected chi connectivity index (χ3v) is 5.59. The number of benzene rings is 2. The molecule has 0 spiro atoms. The molecule has 2 amide bonds. The Balaban J connectivity index is 1.59. The molecule has 0 saturated carbocycles. The zero-order valence-electron chi connectivity index (χ0n) is 16.5. The molecule has 0 aromatic heterocycles. The van der Waals surface area contributed by atoms with Crippen molar-refractivity contribution in [3.8, 4) is 0 Å². The molecule has 0 unspecified atom stereocenters. The van der Waals surface area contributed by atoms with Crippen molar-refractivity contribution in [3.63, 3.8) is 0 Å². The Morgan fingerprint density at radius 1 is 1.10 bits per heavy atom. The lowest BCUT2D eigenvalue weighted by molar-refractivity contribution is 0.0585. The molecule has 1 saturated heterocycles. The topological polar surface area (TPSA) is 79.0 Å². The van der Waals surface area contributed by atoms with Crippen LogP contribution < -0.4 is 10.2 Å². The lowest BCUT2D eigenvalue weighted by Gasteiger charge is -2.46. The number of nitrogens with zero attached hydrogens (tertiary/aromatic N) is 2. The highest BCUT2D eigenvalue weighted by atomic mass is 16.5. The summed E-state index contributed by atoms with van der Waals surface area (Å²) in [5.41, 5.74) is 2.71. The summed E-state index contributed by atoms with van der Waals surface area (Å²) in [7, 11) is 3.28. The number of carbonyl (C=O) groups excluding carboxylic acids is 3. The van der Waals surface area contributed by atoms with Crippen molar-refractivity contribution in [1.29, 1.82) is 0 Å². The van der Waals surface area contributed by atoms with Gasteiger partial charge in [0.05, 0.1) is 23.9 Å². The van der Waals surface area contributed by atoms with Gasteiger partial charge in [0.1, 0.15) is 6.17 Å². The molecule has 1 N–H and O–H groups in total. The molecule has 0 radical (unpaired) electrons. The first-order valence-corrected chi connectivity index (χ1v) is 9.67. The molecule has 2 aromatic carbocycles. The first kappa shape index (κ1) is 19.0. The van der Waals surface area contributed by atoms with Crippen LogP contribution >= 0.6 is 0 Å². The summed E-state index contributed by atoms with van der Waals surface area (Å²) in [6.45, 7) is 0.770. The molecule has 2 heterocycles. The molecule has 0 bridgehead atoms. The third kappa shape index (κ3) is 3.44. The van der Waals surface area contributed by atoms with Crippen LogP contribution in [0, 0.1) is 0 Å². The van der Waals surface area contributed by atoms with Crippen LogP contribution in [-0.2, 0) is 4.74 Å². The van der Waals surface area contributed by atoms with Gasteiger partial charge in [0, 0.05) is 24.8 Å². The number of ether oxygens (including phenoxy) is 1. The van der Waals surface area contributed by atoms with Gasteiger partial charge in [0.2, 0.25) is 0 Å². The van der Waals surface area contributed by atoms with E-state index >= 15 is 0 Å². The Kier molecular flexibility index (Phi) is 4.96. The summed E-state index contributed by atoms with van der Waals surface area (Å²) in [4.78, 5) is 41.3. The largest absolute Gasteiger partial charge is 0.465 e. The predicted octanol–water partition coefficient (Wildman–Crippen LogP) is 3.13. The molecule has 1 atom stereocenters. The highest BCUT2D eigenvalue weighted by Crippen LogP contribution is 2.34. The smallest absolute Gasteiger partial charge is 0.337 e. The minimum absolute atomic E-state index is 0.0283. The van der Waals surface area contributed by atoms with Crippen molar-refractivity contribution >= 4 is 29.2 Å². The second-order valence-electron chi connectivity index (χ2n) is 7.34. The average Bonchev–Trinajstić information content (AvgIpc) is 2.76. The van der Waals surface area contributed by atoms with Crippen molar-refractivity contribution in [2.45, 2.75) is 25.4 Å². The molecular weight excluding hydrogens is 370 g/mol. The SMILES string of the molecule is COC(=O)c1cccc(NC(=O)c2ccc3c(c2)N(C)[C@H]2CCCCN2C3=O)c1. The van der Waals surface area contributed by atoms with E-state index in [2.05, 4.69) is 10.2 Å². The van der Waals surface area contributed by atoms with Gasteiger partial charge in [0.15, 0.2) is 0 Å². The van der Waals surface area contributed by atoms with Crippen molar-refractivity contribution in [2.24, 2.45) is 0 Å². The first-order valence-electron chi connectivity index (χ1n) is 9.67. The van der Waals surface area contributed by atoms with Crippen molar-refractivity contribution in [3.05, 3.63) is 59.2 Å². The molecule has 7 heteroatoms. The van der Waals surface area contributed by atoms with Gasteiger partial charge < -0.3 is 19.9 Å². The summed E-state index contributed by atoms with van der Waals surface area (Å²) in [5, 5.41) is 2.81. The van der Waals surface area contributed by atoms with Crippen LogP contribution in [0.1, 0.15) is 50.3 Å². The Bertz CT molecular complexity index is 988. The molecule has 1 fully saturated rings. The fraction of sp³-hybridized carbons (Fsp3) is 0.318. The zero-order chi connectivity index (χ0) is 20.5. The van der Waals surface area contributed by atoms with Gasteiger partial charge in [-0.05, 0) is 55.7 Å². The van der Waals surface area contributed by atoms with E-state index in [1.165, 1.54) is 7.11 Å². The van der Waals surface area contributed by atoms with Crippen LogP contribution in [0.5, 0.6) is 0 Å². The monoisotopic (exact) mass is 393 g/mol. The first-order chi connectivity index (χ1) is 14.0. The fourth-order valence-corrected chi connectivity index (χ4v) is 4.06. The van der Waals surface area contributed by atoms with Crippen LogP contribution in [0.2, 0.25) is 0 Å². The lowest BCUT2D eigenvalue weighted by Crippen LogP contribution is -2.55. The van der Waals surface area contributed by atoms with Crippen LogP contribution in [0.3, 0.4) is 0 Å². The molecule has 7 nitrogen and oxygen atoms in total. The van der Waals surface area contributed by atoms with E-state index in [0.717, 1.165) is 31.5 Å². The maximum Gasteiger partial charge on any atom is 0.337 e. The second-order valence-corrected chi connectivity index (χ2v) is 7.34. The number of anilines is 2. The van der Waals surface area contributed by atoms with Crippen LogP contribution in [0.4, 0.5) is 11.4 Å². The standard InChI is InChI=1S/C22H23N3O4/c1-24-18-13-14(9-10-17(18)21(27)25-11-4-3-8-19(24)25)20(26)23-16-7-5-6-15(12-16)22(28)29-2/h5-7,9-10,12-13,19H,3-4,8,11H2,1-2H3,(H,23,26)/t19-/m1/s1. The van der Waals surface area contributed by atoms with E-state index in [4.69, 9.17) is 4.74 Å². The molecule has 2 aromatic rings. The van der Waals surface area contributed by atoms with Gasteiger partial charge in [0.25, 0.3) is 11.8 Å². The van der Waals surface area contributed by atoms with Crippen LogP contribution in [0.25, 0.3) is 0 Å². The number of methoxy groups -OCH3 is 1. The highest BCUT2D eigenvalue weighted by Gasteiger charge is 2.37. The quantitative estimate of drug-likeness (QED) is 0.811. The summed E-state index contributed by atoms with van der Waals surface area (Å²) in [5.74, 6) is -0.741. The van der Waals surface area contributed by atoms with Crippen molar-refractivity contribution in [1.82, 2.24) is 4.90 Å². The van der Waals surface area contributed by atoms with Gasteiger partial charge >= 0.3 is 5.97 Å². The number of rotatable bonds is 3. The lowest BCUT2D eigenvalue weighted by atomic mass is 9.97. The molecule has 29 heavy (non-hydrogen) atoms. The molecule has 4 rings (SSSR count). The third-order valence-electron chi connectivity index (χ3n) is 5.59. The molecule has 0 aliphatic carbocycles. The summed E-state index contributed by atoms with van der Waals surface area (Å²) in [6, 6.07) is 11.7. The number of nitrogens with one attached hydrogen (secondary N) is 1. The normalized spacial score (nSPS) is 18.0. The van der Waals surface area contributed by atoms with E-state index in [9.17, 15) is 14.4 Å². The number of carbonyl (C=O) groups is 3. The van der Waals surface area contributed by atoms with Gasteiger partial charge in [-0.25, -0.2) is 4.79 Å². The Morgan fingerprint density at radius 2 is 1.93 bits per heavy atom. The van der Waals surface area contributed by atoms with Gasteiger partial charge in [-0.2, -0.15) is 0 Å². The Labute approximate surface area is 169 Å².